The third-order valence-corrected chi connectivity index (χ3v) is 7.89. The lowest BCUT2D eigenvalue weighted by molar-refractivity contribution is 0.0934. The molecule has 2 atom stereocenters. The van der Waals surface area contributed by atoms with Crippen LogP contribution in [-0.2, 0) is 19.4 Å². The van der Waals surface area contributed by atoms with Crippen LogP contribution in [0.4, 0.5) is 5.00 Å². The Morgan fingerprint density at radius 2 is 1.88 bits per heavy atom. The van der Waals surface area contributed by atoms with E-state index in [0.29, 0.717) is 17.9 Å². The Morgan fingerprint density at radius 1 is 1.06 bits per heavy atom. The molecule has 0 bridgehead atoms. The van der Waals surface area contributed by atoms with Gasteiger partial charge in [0.1, 0.15) is 23.5 Å². The van der Waals surface area contributed by atoms with E-state index >= 15 is 0 Å². The lowest BCUT2D eigenvalue weighted by Crippen LogP contribution is -2.38. The minimum Gasteiger partial charge on any atom is -0.489 e. The van der Waals surface area contributed by atoms with E-state index < -0.39 is 0 Å². The van der Waals surface area contributed by atoms with E-state index in [9.17, 15) is 4.79 Å². The number of thiophene rings is 1. The van der Waals surface area contributed by atoms with E-state index in [-0.39, 0.29) is 12.1 Å². The molecule has 1 amide bonds. The van der Waals surface area contributed by atoms with Crippen molar-refractivity contribution in [3.8, 4) is 5.75 Å². The van der Waals surface area contributed by atoms with Crippen molar-refractivity contribution < 1.29 is 9.53 Å². The molecular weight excluding hydrogens is 416 g/mol. The van der Waals surface area contributed by atoms with Gasteiger partial charge in [0.2, 0.25) is 0 Å². The third kappa shape index (κ3) is 4.14. The van der Waals surface area contributed by atoms with Gasteiger partial charge in [-0.05, 0) is 59.4 Å². The van der Waals surface area contributed by atoms with Crippen LogP contribution in [0.2, 0.25) is 0 Å². The number of carbonyl (C=O) groups excluding carboxylic acids is 1. The van der Waals surface area contributed by atoms with Gasteiger partial charge in [0.15, 0.2) is 0 Å². The van der Waals surface area contributed by atoms with Crippen molar-refractivity contribution in [2.24, 2.45) is 11.3 Å². The molecule has 0 fully saturated rings. The van der Waals surface area contributed by atoms with Crippen LogP contribution in [-0.4, -0.2) is 5.91 Å². The summed E-state index contributed by atoms with van der Waals surface area (Å²) in [4.78, 5) is 14.5. The van der Waals surface area contributed by atoms with Gasteiger partial charge in [-0.1, -0.05) is 63.2 Å². The summed E-state index contributed by atoms with van der Waals surface area (Å²) < 4.78 is 5.99. The number of ether oxygens (including phenoxy) is 1. The number of hydrogen-bond donors (Lipinski definition) is 2. The normalized spacial score (nSPS) is 20.0. The quantitative estimate of drug-likeness (QED) is 0.492. The predicted molar refractivity (Wildman–Crippen MR) is 130 cm³/mol. The summed E-state index contributed by atoms with van der Waals surface area (Å²) in [6.07, 6.45) is 2.95. The van der Waals surface area contributed by atoms with Gasteiger partial charge in [-0.15, -0.1) is 11.3 Å². The van der Waals surface area contributed by atoms with E-state index in [0.717, 1.165) is 46.7 Å². The maximum Gasteiger partial charge on any atom is 0.256 e. The lowest BCUT2D eigenvalue weighted by Gasteiger charge is -2.34. The van der Waals surface area contributed by atoms with Crippen molar-refractivity contribution in [1.29, 1.82) is 0 Å². The highest BCUT2D eigenvalue weighted by atomic mass is 32.1. The Morgan fingerprint density at radius 3 is 2.66 bits per heavy atom. The molecule has 166 valence electrons. The number of benzene rings is 2. The molecule has 2 N–H and O–H groups in total. The number of anilines is 1. The molecule has 32 heavy (non-hydrogen) atoms. The Hall–Kier alpha value is -2.79. The highest BCUT2D eigenvalue weighted by Crippen LogP contribution is 2.46. The fraction of sp³-hybridized carbons (Fsp3) is 0.370. The summed E-state index contributed by atoms with van der Waals surface area (Å²) in [5.41, 5.74) is 4.54. The van der Waals surface area contributed by atoms with E-state index in [1.54, 1.807) is 11.3 Å². The number of nitrogens with one attached hydrogen (secondary N) is 2. The maximum atomic E-state index is 13.1. The largest absolute Gasteiger partial charge is 0.489 e. The summed E-state index contributed by atoms with van der Waals surface area (Å²) in [6, 6.07) is 18.1. The van der Waals surface area contributed by atoms with Gasteiger partial charge in [0.25, 0.3) is 5.91 Å². The monoisotopic (exact) mass is 446 g/mol. The molecule has 5 heteroatoms. The van der Waals surface area contributed by atoms with Crippen molar-refractivity contribution in [2.75, 3.05) is 5.32 Å². The smallest absolute Gasteiger partial charge is 0.256 e. The standard InChI is InChI=1S/C27H30N2O2S/c1-27(2,3)19-12-13-21-22(15-19)32-26-23(21)25(30)28-24(29-26)18-10-7-11-20(14-18)31-16-17-8-5-4-6-9-17/h4-11,14,19,24,29H,12-13,15-16H2,1-3H3,(H,28,30)/t19-,24+/m1/s1. The fourth-order valence-electron chi connectivity index (χ4n) is 4.73. The number of rotatable bonds is 4. The molecular formula is C27H30N2O2S. The van der Waals surface area contributed by atoms with Crippen molar-refractivity contribution in [3.63, 3.8) is 0 Å². The second-order valence-electron chi connectivity index (χ2n) is 9.91. The van der Waals surface area contributed by atoms with Crippen LogP contribution in [0.1, 0.15) is 65.3 Å². The minimum absolute atomic E-state index is 0.0334. The Labute approximate surface area is 194 Å². The Bertz CT molecular complexity index is 1130. The summed E-state index contributed by atoms with van der Waals surface area (Å²) in [5.74, 6) is 1.49. The SMILES string of the molecule is CC(C)(C)[C@@H]1CCc2c(sc3c2C(=O)N[C@H](c2cccc(OCc4ccccc4)c2)N3)C1. The number of hydrogen-bond acceptors (Lipinski definition) is 4. The third-order valence-electron chi connectivity index (χ3n) is 6.71. The van der Waals surface area contributed by atoms with Gasteiger partial charge in [-0.25, -0.2) is 0 Å². The average Bonchev–Trinajstić information content (AvgIpc) is 3.16. The Balaban J connectivity index is 1.34. The molecule has 0 saturated heterocycles. The van der Waals surface area contributed by atoms with Crippen LogP contribution in [0, 0.1) is 11.3 Å². The highest BCUT2D eigenvalue weighted by Gasteiger charge is 2.36. The van der Waals surface area contributed by atoms with Crippen LogP contribution in [0.3, 0.4) is 0 Å². The second kappa shape index (κ2) is 8.28. The maximum absolute atomic E-state index is 13.1. The number of carbonyl (C=O) groups is 1. The van der Waals surface area contributed by atoms with E-state index in [1.807, 2.05) is 42.5 Å². The topological polar surface area (TPSA) is 50.4 Å². The van der Waals surface area contributed by atoms with Gasteiger partial charge in [-0.3, -0.25) is 4.79 Å². The fourth-order valence-corrected chi connectivity index (χ4v) is 6.08. The van der Waals surface area contributed by atoms with E-state index in [2.05, 4.69) is 43.5 Å². The predicted octanol–water partition coefficient (Wildman–Crippen LogP) is 6.33. The number of amides is 1. The zero-order valence-corrected chi connectivity index (χ0v) is 19.7. The van der Waals surface area contributed by atoms with Crippen molar-refractivity contribution >= 4 is 22.2 Å². The van der Waals surface area contributed by atoms with E-state index in [4.69, 9.17) is 4.74 Å². The first-order valence-corrected chi connectivity index (χ1v) is 12.2. The molecule has 0 spiro atoms. The summed E-state index contributed by atoms with van der Waals surface area (Å²) >= 11 is 1.77. The molecule has 2 aliphatic rings. The lowest BCUT2D eigenvalue weighted by atomic mass is 9.72. The van der Waals surface area contributed by atoms with E-state index in [1.165, 1.54) is 10.4 Å². The zero-order chi connectivity index (χ0) is 22.3. The van der Waals surface area contributed by atoms with Gasteiger partial charge >= 0.3 is 0 Å². The van der Waals surface area contributed by atoms with Crippen LogP contribution >= 0.6 is 11.3 Å². The first-order chi connectivity index (χ1) is 15.4. The van der Waals surface area contributed by atoms with Gasteiger partial charge in [0.05, 0.1) is 5.56 Å². The molecule has 2 aromatic carbocycles. The first-order valence-electron chi connectivity index (χ1n) is 11.4. The summed E-state index contributed by atoms with van der Waals surface area (Å²) in [7, 11) is 0. The summed E-state index contributed by atoms with van der Waals surface area (Å²) in [5, 5.41) is 7.76. The molecule has 1 aliphatic heterocycles. The molecule has 2 heterocycles. The minimum atomic E-state index is -0.256. The molecule has 5 rings (SSSR count). The van der Waals surface area contributed by atoms with Gasteiger partial charge in [-0.2, -0.15) is 0 Å². The molecule has 4 nitrogen and oxygen atoms in total. The second-order valence-corrected chi connectivity index (χ2v) is 11.0. The first kappa shape index (κ1) is 21.1. The summed E-state index contributed by atoms with van der Waals surface area (Å²) in [6.45, 7) is 7.49. The van der Waals surface area contributed by atoms with Crippen LogP contribution in [0.5, 0.6) is 5.75 Å². The molecule has 0 radical (unpaired) electrons. The van der Waals surface area contributed by atoms with Crippen molar-refractivity contribution in [1.82, 2.24) is 5.32 Å². The molecule has 0 saturated carbocycles. The number of fused-ring (bicyclic) bond motifs is 3. The molecule has 3 aromatic rings. The van der Waals surface area contributed by atoms with Crippen LogP contribution in [0.25, 0.3) is 0 Å². The zero-order valence-electron chi connectivity index (χ0n) is 18.9. The Kier molecular flexibility index (Phi) is 5.46. The molecule has 0 unspecified atom stereocenters. The van der Waals surface area contributed by atoms with Gasteiger partial charge < -0.3 is 15.4 Å². The van der Waals surface area contributed by atoms with Gasteiger partial charge in [0, 0.05) is 4.88 Å². The molecule has 1 aromatic heterocycles. The average molecular weight is 447 g/mol. The van der Waals surface area contributed by atoms with Crippen LogP contribution < -0.4 is 15.4 Å². The van der Waals surface area contributed by atoms with Crippen LogP contribution in [0.15, 0.2) is 54.6 Å². The van der Waals surface area contributed by atoms with Crippen molar-refractivity contribution in [3.05, 3.63) is 81.7 Å². The highest BCUT2D eigenvalue weighted by molar-refractivity contribution is 7.16. The molecule has 1 aliphatic carbocycles. The van der Waals surface area contributed by atoms with Crippen molar-refractivity contribution in [2.45, 2.75) is 52.8 Å².